The molecule has 0 aromatic rings. The van der Waals surface area contributed by atoms with E-state index in [-0.39, 0.29) is 11.9 Å². The van der Waals surface area contributed by atoms with E-state index in [4.69, 9.17) is 0 Å². The number of rotatable bonds is 3. The minimum atomic E-state index is -0.726. The Morgan fingerprint density at radius 3 is 2.36 bits per heavy atom. The normalized spacial score (nSPS) is 27.4. The van der Waals surface area contributed by atoms with E-state index in [9.17, 15) is 9.59 Å². The molecule has 0 saturated carbocycles. The molecule has 1 aliphatic heterocycles. The van der Waals surface area contributed by atoms with Crippen molar-refractivity contribution in [2.75, 3.05) is 27.7 Å². The van der Waals surface area contributed by atoms with Crippen molar-refractivity contribution < 1.29 is 9.59 Å². The lowest BCUT2D eigenvalue weighted by molar-refractivity contribution is -0.130. The molecule has 0 aliphatic carbocycles. The molecule has 1 heterocycles. The summed E-state index contributed by atoms with van der Waals surface area (Å²) in [6.07, 6.45) is 0.634. The third kappa shape index (κ3) is 1.87. The second kappa shape index (κ2) is 3.57. The van der Waals surface area contributed by atoms with Crippen LogP contribution in [0.5, 0.6) is 0 Å². The number of likely N-dealkylation sites (N-methyl/N-ethyl adjacent to an activating group) is 1. The molecule has 0 radical (unpaired) electrons. The molecule has 1 saturated heterocycles. The molecule has 0 unspecified atom stereocenters. The minimum absolute atomic E-state index is 0.149. The first-order valence-electron chi connectivity index (χ1n) is 4.62. The molecule has 14 heavy (non-hydrogen) atoms. The van der Waals surface area contributed by atoms with Gasteiger partial charge in [-0.05, 0) is 27.4 Å². The van der Waals surface area contributed by atoms with Crippen LogP contribution in [0.3, 0.4) is 0 Å². The van der Waals surface area contributed by atoms with Crippen LogP contribution < -0.4 is 5.32 Å². The highest BCUT2D eigenvalue weighted by Gasteiger charge is 2.45. The van der Waals surface area contributed by atoms with Crippen LogP contribution in [0.15, 0.2) is 0 Å². The highest BCUT2D eigenvalue weighted by atomic mass is 16.2. The standard InChI is InChI=1S/C9H17N3O2/c1-9(5-6-11(2)3)7(13)12(4)8(14)10-9/h5-6H2,1-4H3,(H,10,14)/t9-/m0/s1. The van der Waals surface area contributed by atoms with Crippen LogP contribution >= 0.6 is 0 Å². The first kappa shape index (κ1) is 11.0. The average Bonchev–Trinajstić information content (AvgIpc) is 2.28. The molecule has 0 aromatic carbocycles. The Hall–Kier alpha value is -1.10. The fraction of sp³-hybridized carbons (Fsp3) is 0.778. The molecule has 5 heteroatoms. The summed E-state index contributed by atoms with van der Waals surface area (Å²) in [5, 5.41) is 2.70. The highest BCUT2D eigenvalue weighted by Crippen LogP contribution is 2.19. The molecule has 1 atom stereocenters. The van der Waals surface area contributed by atoms with Gasteiger partial charge in [0.1, 0.15) is 5.54 Å². The first-order chi connectivity index (χ1) is 6.37. The summed E-state index contributed by atoms with van der Waals surface area (Å²) in [4.78, 5) is 26.0. The van der Waals surface area contributed by atoms with Crippen LogP contribution in [0.1, 0.15) is 13.3 Å². The maximum atomic E-state index is 11.7. The van der Waals surface area contributed by atoms with E-state index < -0.39 is 5.54 Å². The van der Waals surface area contributed by atoms with Crippen LogP contribution in [0.4, 0.5) is 4.79 Å². The summed E-state index contributed by atoms with van der Waals surface area (Å²) < 4.78 is 0. The molecule has 5 nitrogen and oxygen atoms in total. The van der Waals surface area contributed by atoms with Crippen molar-refractivity contribution in [3.8, 4) is 0 Å². The Balaban J connectivity index is 2.66. The molecule has 3 amide bonds. The summed E-state index contributed by atoms with van der Waals surface area (Å²) in [6, 6.07) is -0.309. The molecule has 1 aliphatic rings. The van der Waals surface area contributed by atoms with Gasteiger partial charge in [-0.25, -0.2) is 4.79 Å². The van der Waals surface area contributed by atoms with Gasteiger partial charge in [0.2, 0.25) is 0 Å². The summed E-state index contributed by atoms with van der Waals surface area (Å²) in [7, 11) is 5.38. The van der Waals surface area contributed by atoms with Crippen LogP contribution in [0.25, 0.3) is 0 Å². The second-order valence-corrected chi connectivity index (χ2v) is 4.18. The van der Waals surface area contributed by atoms with E-state index in [1.165, 1.54) is 7.05 Å². The van der Waals surface area contributed by atoms with E-state index in [1.807, 2.05) is 19.0 Å². The fourth-order valence-electron chi connectivity index (χ4n) is 1.45. The van der Waals surface area contributed by atoms with Crippen LogP contribution in [0, 0.1) is 0 Å². The van der Waals surface area contributed by atoms with Crippen molar-refractivity contribution >= 4 is 11.9 Å². The molecule has 1 fully saturated rings. The van der Waals surface area contributed by atoms with Crippen molar-refractivity contribution in [3.05, 3.63) is 0 Å². The molecule has 1 rings (SSSR count). The zero-order valence-corrected chi connectivity index (χ0v) is 9.13. The van der Waals surface area contributed by atoms with Gasteiger partial charge in [-0.1, -0.05) is 0 Å². The predicted octanol–water partition coefficient (Wildman–Crippen LogP) is -0.122. The Bertz CT molecular complexity index is 265. The number of hydrogen-bond acceptors (Lipinski definition) is 3. The summed E-state index contributed by atoms with van der Waals surface area (Å²) in [5.41, 5.74) is -0.726. The van der Waals surface area contributed by atoms with E-state index in [1.54, 1.807) is 6.92 Å². The molecular weight excluding hydrogens is 182 g/mol. The zero-order valence-electron chi connectivity index (χ0n) is 9.13. The fourth-order valence-corrected chi connectivity index (χ4v) is 1.45. The number of carbonyl (C=O) groups is 2. The zero-order chi connectivity index (χ0) is 10.9. The highest BCUT2D eigenvalue weighted by molar-refractivity contribution is 6.06. The van der Waals surface area contributed by atoms with Gasteiger partial charge in [-0.15, -0.1) is 0 Å². The van der Waals surface area contributed by atoms with E-state index in [2.05, 4.69) is 5.32 Å². The Kier molecular flexibility index (Phi) is 2.80. The van der Waals surface area contributed by atoms with Crippen molar-refractivity contribution in [2.45, 2.75) is 18.9 Å². The lowest BCUT2D eigenvalue weighted by atomic mass is 9.98. The van der Waals surface area contributed by atoms with Crippen LogP contribution in [-0.2, 0) is 4.79 Å². The third-order valence-electron chi connectivity index (χ3n) is 2.52. The van der Waals surface area contributed by atoms with E-state index >= 15 is 0 Å². The summed E-state index contributed by atoms with van der Waals surface area (Å²) >= 11 is 0. The molecular formula is C9H17N3O2. The quantitative estimate of drug-likeness (QED) is 0.645. The van der Waals surface area contributed by atoms with Gasteiger partial charge in [0.15, 0.2) is 0 Å². The van der Waals surface area contributed by atoms with Gasteiger partial charge in [-0.3, -0.25) is 9.69 Å². The van der Waals surface area contributed by atoms with Gasteiger partial charge in [0.05, 0.1) is 0 Å². The largest absolute Gasteiger partial charge is 0.324 e. The maximum absolute atomic E-state index is 11.7. The van der Waals surface area contributed by atoms with Gasteiger partial charge in [-0.2, -0.15) is 0 Å². The third-order valence-corrected chi connectivity index (χ3v) is 2.52. The number of nitrogens with zero attached hydrogens (tertiary/aromatic N) is 2. The molecule has 1 N–H and O–H groups in total. The van der Waals surface area contributed by atoms with Crippen LogP contribution in [0.2, 0.25) is 0 Å². The topological polar surface area (TPSA) is 52.7 Å². The van der Waals surface area contributed by atoms with Crippen molar-refractivity contribution in [1.82, 2.24) is 15.1 Å². The number of imide groups is 1. The smallest absolute Gasteiger partial charge is 0.323 e. The second-order valence-electron chi connectivity index (χ2n) is 4.18. The summed E-state index contributed by atoms with van der Waals surface area (Å²) in [6.45, 7) is 2.54. The number of amides is 3. The van der Waals surface area contributed by atoms with Crippen molar-refractivity contribution in [2.24, 2.45) is 0 Å². The lowest BCUT2D eigenvalue weighted by Crippen LogP contribution is -2.45. The van der Waals surface area contributed by atoms with E-state index in [0.29, 0.717) is 6.42 Å². The van der Waals surface area contributed by atoms with Gasteiger partial charge in [0, 0.05) is 13.6 Å². The van der Waals surface area contributed by atoms with Gasteiger partial charge >= 0.3 is 6.03 Å². The Morgan fingerprint density at radius 1 is 1.43 bits per heavy atom. The molecule has 0 aromatic heterocycles. The van der Waals surface area contributed by atoms with Crippen molar-refractivity contribution in [3.63, 3.8) is 0 Å². The number of carbonyl (C=O) groups excluding carboxylic acids is 2. The molecule has 0 spiro atoms. The number of hydrogen-bond donors (Lipinski definition) is 1. The first-order valence-corrected chi connectivity index (χ1v) is 4.62. The van der Waals surface area contributed by atoms with Crippen molar-refractivity contribution in [1.29, 1.82) is 0 Å². The Morgan fingerprint density at radius 2 is 2.00 bits per heavy atom. The predicted molar refractivity (Wildman–Crippen MR) is 52.9 cm³/mol. The SMILES string of the molecule is CN(C)CC[C@]1(C)NC(=O)N(C)C1=O. The average molecular weight is 199 g/mol. The Labute approximate surface area is 84.0 Å². The number of urea groups is 1. The van der Waals surface area contributed by atoms with Crippen LogP contribution in [-0.4, -0.2) is 55.0 Å². The molecule has 0 bridgehead atoms. The lowest BCUT2D eigenvalue weighted by Gasteiger charge is -2.22. The summed E-state index contributed by atoms with van der Waals surface area (Å²) in [5.74, 6) is -0.149. The monoisotopic (exact) mass is 199 g/mol. The number of nitrogens with one attached hydrogen (secondary N) is 1. The maximum Gasteiger partial charge on any atom is 0.324 e. The molecule has 80 valence electrons. The minimum Gasteiger partial charge on any atom is -0.323 e. The van der Waals surface area contributed by atoms with E-state index in [0.717, 1.165) is 11.4 Å². The van der Waals surface area contributed by atoms with Gasteiger partial charge in [0.25, 0.3) is 5.91 Å². The van der Waals surface area contributed by atoms with Gasteiger partial charge < -0.3 is 10.2 Å².